The van der Waals surface area contributed by atoms with Crippen molar-refractivity contribution in [3.63, 3.8) is 0 Å². The summed E-state index contributed by atoms with van der Waals surface area (Å²) in [5, 5.41) is 10.9. The predicted octanol–water partition coefficient (Wildman–Crippen LogP) is 3.98. The molecule has 2 aromatic rings. The number of halogens is 1. The molecule has 1 aliphatic heterocycles. The summed E-state index contributed by atoms with van der Waals surface area (Å²) >= 11 is 0. The number of aliphatic hydroxyl groups excluding tert-OH is 1. The van der Waals surface area contributed by atoms with Crippen LogP contribution in [0.1, 0.15) is 49.3 Å². The first kappa shape index (κ1) is 18.3. The number of ketones is 1. The minimum atomic E-state index is -0.933. The highest BCUT2D eigenvalue weighted by atomic mass is 19.1. The molecular formula is C22H21FN2O3. The fourth-order valence-corrected chi connectivity index (χ4v) is 4.25. The van der Waals surface area contributed by atoms with Gasteiger partial charge in [-0.25, -0.2) is 4.39 Å². The number of nitrogens with zero attached hydrogens (tertiary/aromatic N) is 2. The van der Waals surface area contributed by atoms with Gasteiger partial charge in [0.1, 0.15) is 11.6 Å². The Hall–Kier alpha value is -3.02. The molecule has 28 heavy (non-hydrogen) atoms. The molecule has 1 aromatic carbocycles. The van der Waals surface area contributed by atoms with Crippen molar-refractivity contribution in [2.24, 2.45) is 0 Å². The van der Waals surface area contributed by atoms with E-state index in [0.29, 0.717) is 5.56 Å². The van der Waals surface area contributed by atoms with Gasteiger partial charge in [0.05, 0.1) is 11.6 Å². The Morgan fingerprint density at radius 2 is 1.71 bits per heavy atom. The standard InChI is InChI=1S/C22H21FN2O3/c23-17-9-5-4-8-16(17)19-18(20(26)14-10-12-24-13-11-14)21(27)22(28)25(19)15-6-2-1-3-7-15/h4-5,8-13,15,19,26H,1-3,6-7H2/b20-18-. The molecule has 1 N–H and O–H groups in total. The second-order valence-corrected chi connectivity index (χ2v) is 7.26. The van der Waals surface area contributed by atoms with Crippen molar-refractivity contribution < 1.29 is 19.1 Å². The van der Waals surface area contributed by atoms with E-state index in [1.54, 1.807) is 30.3 Å². The Labute approximate surface area is 162 Å². The van der Waals surface area contributed by atoms with E-state index < -0.39 is 23.5 Å². The summed E-state index contributed by atoms with van der Waals surface area (Å²) in [5.41, 5.74) is 0.535. The lowest BCUT2D eigenvalue weighted by atomic mass is 9.91. The number of aliphatic hydroxyl groups is 1. The maximum atomic E-state index is 14.7. The maximum absolute atomic E-state index is 14.7. The van der Waals surface area contributed by atoms with Crippen LogP contribution in [0.5, 0.6) is 0 Å². The molecule has 2 aliphatic rings. The molecule has 2 fully saturated rings. The average Bonchev–Trinajstić information content (AvgIpc) is 3.00. The van der Waals surface area contributed by atoms with Gasteiger partial charge in [0.25, 0.3) is 11.7 Å². The Balaban J connectivity index is 1.90. The van der Waals surface area contributed by atoms with Crippen molar-refractivity contribution in [1.29, 1.82) is 0 Å². The SMILES string of the molecule is O=C1C(=O)N(C2CCCCC2)C(c2ccccc2F)/C1=C(/O)c1ccncc1. The summed E-state index contributed by atoms with van der Waals surface area (Å²) in [6, 6.07) is 8.16. The number of benzene rings is 1. The molecule has 1 saturated carbocycles. The van der Waals surface area contributed by atoms with Gasteiger partial charge in [-0.3, -0.25) is 14.6 Å². The average molecular weight is 380 g/mol. The van der Waals surface area contributed by atoms with Gasteiger partial charge in [-0.05, 0) is 31.0 Å². The van der Waals surface area contributed by atoms with Crippen LogP contribution in [0, 0.1) is 5.82 Å². The number of rotatable bonds is 3. The second-order valence-electron chi connectivity index (χ2n) is 7.26. The Kier molecular flexibility index (Phi) is 4.94. The highest BCUT2D eigenvalue weighted by Gasteiger charge is 2.49. The van der Waals surface area contributed by atoms with Gasteiger partial charge in [0.15, 0.2) is 0 Å². The fourth-order valence-electron chi connectivity index (χ4n) is 4.25. The van der Waals surface area contributed by atoms with Gasteiger partial charge in [0, 0.05) is 29.6 Å². The predicted molar refractivity (Wildman–Crippen MR) is 102 cm³/mol. The van der Waals surface area contributed by atoms with Crippen LogP contribution in [0.15, 0.2) is 54.4 Å². The second kappa shape index (κ2) is 7.54. The first-order valence-corrected chi connectivity index (χ1v) is 9.54. The molecule has 1 unspecified atom stereocenters. The van der Waals surface area contributed by atoms with Gasteiger partial charge in [0.2, 0.25) is 0 Å². The van der Waals surface area contributed by atoms with Crippen LogP contribution in [0.4, 0.5) is 4.39 Å². The van der Waals surface area contributed by atoms with Crippen LogP contribution in [0.25, 0.3) is 5.76 Å². The third kappa shape index (κ3) is 3.09. The first-order valence-electron chi connectivity index (χ1n) is 9.54. The lowest BCUT2D eigenvalue weighted by molar-refractivity contribution is -0.141. The van der Waals surface area contributed by atoms with Gasteiger partial charge in [-0.1, -0.05) is 37.5 Å². The topological polar surface area (TPSA) is 70.5 Å². The van der Waals surface area contributed by atoms with Crippen LogP contribution in [-0.2, 0) is 9.59 Å². The van der Waals surface area contributed by atoms with Gasteiger partial charge >= 0.3 is 0 Å². The molecule has 5 nitrogen and oxygen atoms in total. The van der Waals surface area contributed by atoms with E-state index in [1.807, 2.05) is 0 Å². The molecule has 6 heteroatoms. The summed E-state index contributed by atoms with van der Waals surface area (Å²) in [7, 11) is 0. The summed E-state index contributed by atoms with van der Waals surface area (Å²) < 4.78 is 14.7. The van der Waals surface area contributed by atoms with Crippen molar-refractivity contribution in [3.05, 3.63) is 71.3 Å². The Morgan fingerprint density at radius 3 is 2.39 bits per heavy atom. The van der Waals surface area contributed by atoms with Gasteiger partial charge < -0.3 is 10.0 Å². The number of pyridine rings is 1. The number of carbonyl (C=O) groups excluding carboxylic acids is 2. The molecule has 1 saturated heterocycles. The summed E-state index contributed by atoms with van der Waals surface area (Å²) in [5.74, 6) is -2.24. The zero-order valence-corrected chi connectivity index (χ0v) is 15.3. The molecule has 1 amide bonds. The number of carbonyl (C=O) groups is 2. The quantitative estimate of drug-likeness (QED) is 0.497. The van der Waals surface area contributed by atoms with Crippen molar-refractivity contribution in [2.75, 3.05) is 0 Å². The third-order valence-electron chi connectivity index (χ3n) is 5.60. The summed E-state index contributed by atoms with van der Waals surface area (Å²) in [6.07, 6.45) is 7.53. The van der Waals surface area contributed by atoms with Gasteiger partial charge in [-0.15, -0.1) is 0 Å². The molecular weight excluding hydrogens is 359 g/mol. The number of aromatic nitrogens is 1. The van der Waals surface area contributed by atoms with E-state index >= 15 is 0 Å². The molecule has 4 rings (SSSR count). The third-order valence-corrected chi connectivity index (χ3v) is 5.60. The highest BCUT2D eigenvalue weighted by Crippen LogP contribution is 2.43. The number of hydrogen-bond donors (Lipinski definition) is 1. The molecule has 144 valence electrons. The Bertz CT molecular complexity index is 936. The van der Waals surface area contributed by atoms with E-state index in [-0.39, 0.29) is 22.9 Å². The fraction of sp³-hybridized carbons (Fsp3) is 0.318. The minimum absolute atomic E-state index is 0.0631. The largest absolute Gasteiger partial charge is 0.507 e. The lowest BCUT2D eigenvalue weighted by Crippen LogP contribution is -2.40. The normalized spacial score (nSPS) is 22.6. The number of Topliss-reactive ketones (excluding diaryl/α,β-unsaturated/α-hetero) is 1. The number of hydrogen-bond acceptors (Lipinski definition) is 4. The molecule has 1 atom stereocenters. The van der Waals surface area contributed by atoms with Crippen molar-refractivity contribution in [3.8, 4) is 0 Å². The van der Waals surface area contributed by atoms with Gasteiger partial charge in [-0.2, -0.15) is 0 Å². The minimum Gasteiger partial charge on any atom is -0.507 e. The first-order chi connectivity index (χ1) is 13.6. The van der Waals surface area contributed by atoms with Crippen LogP contribution in [-0.4, -0.2) is 32.7 Å². The molecule has 1 aliphatic carbocycles. The van der Waals surface area contributed by atoms with Crippen molar-refractivity contribution in [1.82, 2.24) is 9.88 Å². The van der Waals surface area contributed by atoms with E-state index in [4.69, 9.17) is 0 Å². The van der Waals surface area contributed by atoms with E-state index in [2.05, 4.69) is 4.98 Å². The zero-order valence-electron chi connectivity index (χ0n) is 15.3. The smallest absolute Gasteiger partial charge is 0.295 e. The van der Waals surface area contributed by atoms with E-state index in [0.717, 1.165) is 32.1 Å². The van der Waals surface area contributed by atoms with Crippen LogP contribution in [0.2, 0.25) is 0 Å². The Morgan fingerprint density at radius 1 is 1.04 bits per heavy atom. The molecule has 0 radical (unpaired) electrons. The summed E-state index contributed by atoms with van der Waals surface area (Å²) in [6.45, 7) is 0. The van der Waals surface area contributed by atoms with Crippen LogP contribution in [0.3, 0.4) is 0 Å². The number of likely N-dealkylation sites (tertiary alicyclic amines) is 1. The van der Waals surface area contributed by atoms with Crippen molar-refractivity contribution >= 4 is 17.4 Å². The van der Waals surface area contributed by atoms with Crippen LogP contribution < -0.4 is 0 Å². The number of amides is 1. The van der Waals surface area contributed by atoms with Crippen LogP contribution >= 0.6 is 0 Å². The summed E-state index contributed by atoms with van der Waals surface area (Å²) in [4.78, 5) is 31.3. The zero-order chi connectivity index (χ0) is 19.7. The van der Waals surface area contributed by atoms with Crippen molar-refractivity contribution in [2.45, 2.75) is 44.2 Å². The molecule has 0 bridgehead atoms. The lowest BCUT2D eigenvalue weighted by Gasteiger charge is -2.35. The molecule has 1 aromatic heterocycles. The monoisotopic (exact) mass is 380 g/mol. The van der Waals surface area contributed by atoms with E-state index in [9.17, 15) is 19.1 Å². The molecule has 0 spiro atoms. The maximum Gasteiger partial charge on any atom is 0.295 e. The molecule has 2 heterocycles. The van der Waals surface area contributed by atoms with E-state index in [1.165, 1.54) is 23.4 Å². The highest BCUT2D eigenvalue weighted by molar-refractivity contribution is 6.46.